The molecule has 0 aliphatic heterocycles. The number of hydrogen-bond acceptors (Lipinski definition) is 3. The van der Waals surface area contributed by atoms with Crippen LogP contribution in [-0.2, 0) is 17.3 Å². The fourth-order valence-corrected chi connectivity index (χ4v) is 2.34. The van der Waals surface area contributed by atoms with E-state index >= 15 is 0 Å². The quantitative estimate of drug-likeness (QED) is 0.795. The van der Waals surface area contributed by atoms with Gasteiger partial charge in [0.2, 0.25) is 0 Å². The molecule has 4 nitrogen and oxygen atoms in total. The van der Waals surface area contributed by atoms with Gasteiger partial charge in [-0.3, -0.25) is 4.21 Å². The highest BCUT2D eigenvalue weighted by atomic mass is 32.2. The molecule has 2 unspecified atom stereocenters. The predicted octanol–water partition coefficient (Wildman–Crippen LogP) is 2.12. The lowest BCUT2D eigenvalue weighted by Gasteiger charge is -2.09. The molecule has 0 bridgehead atoms. The summed E-state index contributed by atoms with van der Waals surface area (Å²) >= 11 is 0. The normalized spacial score (nSPS) is 14.1. The van der Waals surface area contributed by atoms with Gasteiger partial charge in [0.15, 0.2) is 0 Å². The fourth-order valence-electron chi connectivity index (χ4n) is 1.89. The van der Waals surface area contributed by atoms with E-state index in [-0.39, 0.29) is 5.25 Å². The average Bonchev–Trinajstić information content (AvgIpc) is 2.98. The molecular weight excluding hydrogens is 270 g/mol. The molecule has 20 heavy (non-hydrogen) atoms. The number of rotatable bonds is 7. The molecule has 2 atom stereocenters. The van der Waals surface area contributed by atoms with Crippen molar-refractivity contribution in [3.63, 3.8) is 0 Å². The second kappa shape index (κ2) is 7.36. The van der Waals surface area contributed by atoms with Crippen LogP contribution in [-0.4, -0.2) is 32.0 Å². The van der Waals surface area contributed by atoms with Crippen LogP contribution < -0.4 is 5.32 Å². The van der Waals surface area contributed by atoms with Gasteiger partial charge in [-0.2, -0.15) is 5.10 Å². The minimum absolute atomic E-state index is 0.254. The molecule has 1 aromatic heterocycles. The first-order chi connectivity index (χ1) is 9.66. The van der Waals surface area contributed by atoms with E-state index in [2.05, 4.69) is 34.7 Å². The smallest absolute Gasteiger partial charge is 0.0645 e. The van der Waals surface area contributed by atoms with Crippen molar-refractivity contribution in [2.75, 3.05) is 12.8 Å². The molecule has 0 saturated heterocycles. The zero-order chi connectivity index (χ0) is 14.4. The van der Waals surface area contributed by atoms with Crippen molar-refractivity contribution in [1.82, 2.24) is 15.1 Å². The lowest BCUT2D eigenvalue weighted by molar-refractivity contribution is 0.629. The molecule has 5 heteroatoms. The minimum Gasteiger partial charge on any atom is -0.313 e. The first-order valence-corrected chi connectivity index (χ1v) is 8.41. The molecule has 0 fully saturated rings. The lowest BCUT2D eigenvalue weighted by atomic mass is 10.2. The van der Waals surface area contributed by atoms with E-state index in [1.54, 1.807) is 12.5 Å². The monoisotopic (exact) mass is 291 g/mol. The molecule has 2 aromatic rings. The van der Waals surface area contributed by atoms with Crippen LogP contribution in [0, 0.1) is 0 Å². The predicted molar refractivity (Wildman–Crippen MR) is 83.4 cm³/mol. The molecule has 2 rings (SSSR count). The van der Waals surface area contributed by atoms with E-state index in [0.717, 1.165) is 25.2 Å². The van der Waals surface area contributed by atoms with Gasteiger partial charge in [0.25, 0.3) is 0 Å². The Hall–Kier alpha value is -1.46. The van der Waals surface area contributed by atoms with Crippen molar-refractivity contribution in [3.05, 3.63) is 48.3 Å². The van der Waals surface area contributed by atoms with Gasteiger partial charge in [-0.15, -0.1) is 0 Å². The van der Waals surface area contributed by atoms with Crippen LogP contribution in [0.15, 0.2) is 42.7 Å². The highest BCUT2D eigenvalue weighted by molar-refractivity contribution is 7.84. The van der Waals surface area contributed by atoms with Crippen molar-refractivity contribution in [3.8, 4) is 5.69 Å². The molecule has 0 aliphatic rings. The van der Waals surface area contributed by atoms with E-state index in [0.29, 0.717) is 0 Å². The van der Waals surface area contributed by atoms with Crippen LogP contribution in [0.3, 0.4) is 0 Å². The number of nitrogens with zero attached hydrogens (tertiary/aromatic N) is 2. The molecule has 0 aliphatic carbocycles. The average molecular weight is 291 g/mol. The van der Waals surface area contributed by atoms with E-state index in [9.17, 15) is 4.21 Å². The molecule has 108 valence electrons. The molecule has 0 saturated carbocycles. The standard InChI is InChI=1S/C15H21N3OS/c1-13(20(2)19)8-10-16-12-14-4-6-15(7-5-14)18-11-3-9-17-18/h3-7,9,11,13,16H,8,10,12H2,1-2H3. The summed E-state index contributed by atoms with van der Waals surface area (Å²) in [6, 6.07) is 10.2. The van der Waals surface area contributed by atoms with Crippen LogP contribution >= 0.6 is 0 Å². The molecule has 1 heterocycles. The Morgan fingerprint density at radius 3 is 2.70 bits per heavy atom. The van der Waals surface area contributed by atoms with Gasteiger partial charge in [0.1, 0.15) is 0 Å². The topological polar surface area (TPSA) is 46.9 Å². The van der Waals surface area contributed by atoms with Crippen molar-refractivity contribution in [1.29, 1.82) is 0 Å². The Morgan fingerprint density at radius 2 is 2.10 bits per heavy atom. The third-order valence-corrected chi connectivity index (χ3v) is 4.70. The highest BCUT2D eigenvalue weighted by Crippen LogP contribution is 2.08. The number of aromatic nitrogens is 2. The molecule has 0 radical (unpaired) electrons. The summed E-state index contributed by atoms with van der Waals surface area (Å²) in [6.07, 6.45) is 6.40. The molecule has 1 N–H and O–H groups in total. The van der Waals surface area contributed by atoms with Crippen LogP contribution in [0.4, 0.5) is 0 Å². The summed E-state index contributed by atoms with van der Waals surface area (Å²) in [4.78, 5) is 0. The van der Waals surface area contributed by atoms with Gasteiger partial charge >= 0.3 is 0 Å². The first-order valence-electron chi connectivity index (χ1n) is 6.78. The van der Waals surface area contributed by atoms with E-state index in [1.807, 2.05) is 23.9 Å². The van der Waals surface area contributed by atoms with Crippen LogP contribution in [0.25, 0.3) is 5.69 Å². The Kier molecular flexibility index (Phi) is 5.49. The highest BCUT2D eigenvalue weighted by Gasteiger charge is 2.04. The zero-order valence-electron chi connectivity index (χ0n) is 12.0. The van der Waals surface area contributed by atoms with Gasteiger partial charge < -0.3 is 5.32 Å². The van der Waals surface area contributed by atoms with E-state index in [1.165, 1.54) is 5.56 Å². The minimum atomic E-state index is -0.728. The van der Waals surface area contributed by atoms with Crippen molar-refractivity contribution in [2.24, 2.45) is 0 Å². The Labute approximate surface area is 122 Å². The second-order valence-corrected chi connectivity index (χ2v) is 6.69. The Balaban J connectivity index is 1.78. The van der Waals surface area contributed by atoms with E-state index in [4.69, 9.17) is 0 Å². The molecular formula is C15H21N3OS. The summed E-state index contributed by atoms with van der Waals surface area (Å²) < 4.78 is 13.1. The van der Waals surface area contributed by atoms with Crippen molar-refractivity contribution >= 4 is 10.8 Å². The third kappa shape index (κ3) is 4.28. The largest absolute Gasteiger partial charge is 0.313 e. The van der Waals surface area contributed by atoms with Crippen LogP contribution in [0.1, 0.15) is 18.9 Å². The summed E-state index contributed by atoms with van der Waals surface area (Å²) in [5, 5.41) is 7.84. The van der Waals surface area contributed by atoms with Gasteiger partial charge in [0, 0.05) is 41.2 Å². The lowest BCUT2D eigenvalue weighted by Crippen LogP contribution is -2.20. The SMILES string of the molecule is CC(CCNCc1ccc(-n2cccn2)cc1)S(C)=O. The number of nitrogens with one attached hydrogen (secondary N) is 1. The second-order valence-electron chi connectivity index (χ2n) is 4.89. The Bertz CT molecular complexity index is 537. The van der Waals surface area contributed by atoms with Gasteiger partial charge in [-0.1, -0.05) is 19.1 Å². The Morgan fingerprint density at radius 1 is 1.35 bits per heavy atom. The fraction of sp³-hybridized carbons (Fsp3) is 0.400. The maximum atomic E-state index is 11.2. The van der Waals surface area contributed by atoms with Crippen LogP contribution in [0.5, 0.6) is 0 Å². The summed E-state index contributed by atoms with van der Waals surface area (Å²) in [6.45, 7) is 3.75. The summed E-state index contributed by atoms with van der Waals surface area (Å²) in [5.41, 5.74) is 2.31. The summed E-state index contributed by atoms with van der Waals surface area (Å²) in [7, 11) is -0.728. The molecule has 0 amide bonds. The number of hydrogen-bond donors (Lipinski definition) is 1. The van der Waals surface area contributed by atoms with Crippen molar-refractivity contribution in [2.45, 2.75) is 25.1 Å². The van der Waals surface area contributed by atoms with Gasteiger partial charge in [-0.05, 0) is 36.7 Å². The summed E-state index contributed by atoms with van der Waals surface area (Å²) in [5.74, 6) is 0. The maximum Gasteiger partial charge on any atom is 0.0645 e. The zero-order valence-corrected chi connectivity index (χ0v) is 12.8. The molecule has 0 spiro atoms. The third-order valence-electron chi connectivity index (χ3n) is 3.33. The molecule has 1 aromatic carbocycles. The van der Waals surface area contributed by atoms with Crippen LogP contribution in [0.2, 0.25) is 0 Å². The van der Waals surface area contributed by atoms with Gasteiger partial charge in [0.05, 0.1) is 5.69 Å². The van der Waals surface area contributed by atoms with Gasteiger partial charge in [-0.25, -0.2) is 4.68 Å². The maximum absolute atomic E-state index is 11.2. The first kappa shape index (κ1) is 14.9. The number of benzene rings is 1. The van der Waals surface area contributed by atoms with E-state index < -0.39 is 10.8 Å². The van der Waals surface area contributed by atoms with Crippen molar-refractivity contribution < 1.29 is 4.21 Å².